The van der Waals surface area contributed by atoms with E-state index in [2.05, 4.69) is 0 Å². The maximum absolute atomic E-state index is 12.8. The fourth-order valence-corrected chi connectivity index (χ4v) is 3.69. The summed E-state index contributed by atoms with van der Waals surface area (Å²) in [6.45, 7) is 8.41. The standard InChI is InChI=1S/C16H30N4O2/c1-3-18(4-2)15(22)20-11-9-19(10-12-20)14(21)16(13-17)7-5-6-8-16/h3-13,17H2,1-2H3. The summed E-state index contributed by atoms with van der Waals surface area (Å²) >= 11 is 0. The molecule has 6 nitrogen and oxygen atoms in total. The maximum atomic E-state index is 12.8. The first-order chi connectivity index (χ1) is 10.6. The van der Waals surface area contributed by atoms with Crippen LogP contribution < -0.4 is 5.73 Å². The lowest BCUT2D eigenvalue weighted by Crippen LogP contribution is -2.57. The van der Waals surface area contributed by atoms with Gasteiger partial charge in [0.25, 0.3) is 0 Å². The number of carbonyl (C=O) groups is 2. The SMILES string of the molecule is CCN(CC)C(=O)N1CCN(C(=O)C2(CN)CCCC2)CC1. The topological polar surface area (TPSA) is 69.9 Å². The highest BCUT2D eigenvalue weighted by Crippen LogP contribution is 2.39. The third-order valence-electron chi connectivity index (χ3n) is 5.28. The van der Waals surface area contributed by atoms with Crippen LogP contribution in [0.3, 0.4) is 0 Å². The molecular formula is C16H30N4O2. The van der Waals surface area contributed by atoms with Crippen molar-refractivity contribution < 1.29 is 9.59 Å². The molecule has 1 heterocycles. The van der Waals surface area contributed by atoms with Gasteiger partial charge < -0.3 is 20.4 Å². The van der Waals surface area contributed by atoms with Crippen molar-refractivity contribution in [2.75, 3.05) is 45.8 Å². The number of hydrogen-bond donors (Lipinski definition) is 1. The summed E-state index contributed by atoms with van der Waals surface area (Å²) in [4.78, 5) is 30.8. The van der Waals surface area contributed by atoms with E-state index in [0.717, 1.165) is 38.8 Å². The Balaban J connectivity index is 1.92. The van der Waals surface area contributed by atoms with Crippen LogP contribution in [0.1, 0.15) is 39.5 Å². The lowest BCUT2D eigenvalue weighted by Gasteiger charge is -2.40. The van der Waals surface area contributed by atoms with E-state index in [0.29, 0.717) is 32.7 Å². The smallest absolute Gasteiger partial charge is 0.320 e. The predicted octanol–water partition coefficient (Wildman–Crippen LogP) is 1.11. The summed E-state index contributed by atoms with van der Waals surface area (Å²) in [6, 6.07) is 0.0894. The Kier molecular flexibility index (Phi) is 5.67. The van der Waals surface area contributed by atoms with E-state index in [-0.39, 0.29) is 17.4 Å². The summed E-state index contributed by atoms with van der Waals surface area (Å²) in [5, 5.41) is 0. The van der Waals surface area contributed by atoms with Crippen molar-refractivity contribution in [3.63, 3.8) is 0 Å². The molecule has 0 atom stereocenters. The third kappa shape index (κ3) is 3.21. The van der Waals surface area contributed by atoms with Crippen LogP contribution in [0.15, 0.2) is 0 Å². The molecule has 2 fully saturated rings. The van der Waals surface area contributed by atoms with Crippen LogP contribution in [0.4, 0.5) is 4.79 Å². The minimum atomic E-state index is -0.328. The van der Waals surface area contributed by atoms with E-state index in [9.17, 15) is 9.59 Å². The number of urea groups is 1. The molecule has 0 radical (unpaired) electrons. The Labute approximate surface area is 133 Å². The van der Waals surface area contributed by atoms with Crippen LogP contribution in [-0.4, -0.2) is 72.5 Å². The highest BCUT2D eigenvalue weighted by atomic mass is 16.2. The normalized spacial score (nSPS) is 21.0. The number of carbonyl (C=O) groups excluding carboxylic acids is 2. The van der Waals surface area contributed by atoms with Gasteiger partial charge in [-0.15, -0.1) is 0 Å². The van der Waals surface area contributed by atoms with Crippen LogP contribution >= 0.6 is 0 Å². The third-order valence-corrected chi connectivity index (χ3v) is 5.28. The van der Waals surface area contributed by atoms with Crippen molar-refractivity contribution in [2.45, 2.75) is 39.5 Å². The molecule has 6 heteroatoms. The number of piperazine rings is 1. The van der Waals surface area contributed by atoms with Gasteiger partial charge in [-0.2, -0.15) is 0 Å². The molecule has 0 spiro atoms. The van der Waals surface area contributed by atoms with E-state index >= 15 is 0 Å². The number of rotatable bonds is 4. The van der Waals surface area contributed by atoms with Gasteiger partial charge in [0.15, 0.2) is 0 Å². The average Bonchev–Trinajstić information content (AvgIpc) is 3.05. The van der Waals surface area contributed by atoms with Gasteiger partial charge in [0.05, 0.1) is 5.41 Å². The quantitative estimate of drug-likeness (QED) is 0.845. The highest BCUT2D eigenvalue weighted by molar-refractivity contribution is 5.84. The van der Waals surface area contributed by atoms with Crippen molar-refractivity contribution in [3.05, 3.63) is 0 Å². The summed E-state index contributed by atoms with van der Waals surface area (Å²) < 4.78 is 0. The molecular weight excluding hydrogens is 280 g/mol. The van der Waals surface area contributed by atoms with Crippen molar-refractivity contribution in [1.29, 1.82) is 0 Å². The van der Waals surface area contributed by atoms with Gasteiger partial charge >= 0.3 is 6.03 Å². The number of hydrogen-bond acceptors (Lipinski definition) is 3. The average molecular weight is 310 g/mol. The van der Waals surface area contributed by atoms with E-state index in [1.165, 1.54) is 0 Å². The van der Waals surface area contributed by atoms with E-state index in [1.54, 1.807) is 0 Å². The summed E-state index contributed by atoms with van der Waals surface area (Å²) in [6.07, 6.45) is 4.04. The molecule has 0 unspecified atom stereocenters. The molecule has 1 saturated heterocycles. The number of nitrogens with two attached hydrogens (primary N) is 1. The van der Waals surface area contributed by atoms with Gasteiger partial charge in [0.2, 0.25) is 5.91 Å². The van der Waals surface area contributed by atoms with Crippen molar-refractivity contribution in [1.82, 2.24) is 14.7 Å². The molecule has 3 amide bonds. The van der Waals surface area contributed by atoms with Crippen LogP contribution in [0.5, 0.6) is 0 Å². The molecule has 0 aromatic heterocycles. The second kappa shape index (κ2) is 7.31. The molecule has 1 aliphatic heterocycles. The van der Waals surface area contributed by atoms with E-state index < -0.39 is 0 Å². The predicted molar refractivity (Wildman–Crippen MR) is 86.4 cm³/mol. The first kappa shape index (κ1) is 17.1. The molecule has 126 valence electrons. The van der Waals surface area contributed by atoms with Gasteiger partial charge in [-0.3, -0.25) is 4.79 Å². The lowest BCUT2D eigenvalue weighted by molar-refractivity contribution is -0.143. The van der Waals surface area contributed by atoms with E-state index in [4.69, 9.17) is 5.73 Å². The van der Waals surface area contributed by atoms with E-state index in [1.807, 2.05) is 28.5 Å². The minimum Gasteiger partial charge on any atom is -0.339 e. The molecule has 2 rings (SSSR count). The fraction of sp³-hybridized carbons (Fsp3) is 0.875. The molecule has 2 aliphatic rings. The first-order valence-corrected chi connectivity index (χ1v) is 8.61. The van der Waals surface area contributed by atoms with Crippen molar-refractivity contribution in [2.24, 2.45) is 11.1 Å². The largest absolute Gasteiger partial charge is 0.339 e. The maximum Gasteiger partial charge on any atom is 0.320 e. The van der Waals surface area contributed by atoms with Crippen molar-refractivity contribution in [3.8, 4) is 0 Å². The Morgan fingerprint density at radius 1 is 1.00 bits per heavy atom. The lowest BCUT2D eigenvalue weighted by atomic mass is 9.84. The molecule has 2 N–H and O–H groups in total. The fourth-order valence-electron chi connectivity index (χ4n) is 3.69. The number of nitrogens with zero attached hydrogens (tertiary/aromatic N) is 3. The first-order valence-electron chi connectivity index (χ1n) is 8.61. The Morgan fingerprint density at radius 3 is 1.95 bits per heavy atom. The van der Waals surface area contributed by atoms with Gasteiger partial charge in [-0.05, 0) is 26.7 Å². The van der Waals surface area contributed by atoms with Crippen LogP contribution in [0.25, 0.3) is 0 Å². The molecule has 0 aromatic rings. The number of amides is 3. The van der Waals surface area contributed by atoms with Gasteiger partial charge in [0, 0.05) is 45.8 Å². The van der Waals surface area contributed by atoms with Crippen LogP contribution in [-0.2, 0) is 4.79 Å². The van der Waals surface area contributed by atoms with Crippen molar-refractivity contribution >= 4 is 11.9 Å². The second-order valence-electron chi connectivity index (χ2n) is 6.43. The molecule has 22 heavy (non-hydrogen) atoms. The minimum absolute atomic E-state index is 0.0894. The van der Waals surface area contributed by atoms with Crippen LogP contribution in [0, 0.1) is 5.41 Å². The summed E-state index contributed by atoms with van der Waals surface area (Å²) in [7, 11) is 0. The highest BCUT2D eigenvalue weighted by Gasteiger charge is 2.43. The molecule has 1 aliphatic carbocycles. The van der Waals surface area contributed by atoms with Gasteiger partial charge in [-0.25, -0.2) is 4.79 Å². The summed E-state index contributed by atoms with van der Waals surface area (Å²) in [5.74, 6) is 0.211. The second-order valence-corrected chi connectivity index (χ2v) is 6.43. The van der Waals surface area contributed by atoms with Gasteiger partial charge in [0.1, 0.15) is 0 Å². The molecule has 1 saturated carbocycles. The zero-order valence-corrected chi connectivity index (χ0v) is 14.0. The summed E-state index contributed by atoms with van der Waals surface area (Å²) in [5.41, 5.74) is 5.58. The Morgan fingerprint density at radius 2 is 1.50 bits per heavy atom. The molecule has 0 aromatic carbocycles. The Hall–Kier alpha value is -1.30. The van der Waals surface area contributed by atoms with Crippen LogP contribution in [0.2, 0.25) is 0 Å². The zero-order valence-electron chi connectivity index (χ0n) is 14.0. The Bertz CT molecular complexity index is 395. The zero-order chi connectivity index (χ0) is 16.2. The van der Waals surface area contributed by atoms with Gasteiger partial charge in [-0.1, -0.05) is 12.8 Å². The molecule has 0 bridgehead atoms. The monoisotopic (exact) mass is 310 g/mol.